The zero-order chi connectivity index (χ0) is 22.5. The van der Waals surface area contributed by atoms with E-state index in [0.29, 0.717) is 22.7 Å². The first-order valence-corrected chi connectivity index (χ1v) is 9.24. The Kier molecular flexibility index (Phi) is 6.51. The van der Waals surface area contributed by atoms with Gasteiger partial charge in [-0.3, -0.25) is 24.6 Å². The standard InChI is InChI=1S/C21H21N3O7/c1-29-11-10-23-20(25)18(13-4-6-14(7-5-13)24(27)28)19(21(23)26)22-16-9-8-15(30-2)12-17(16)31-3/h4-9,12,22H,10-11H2,1-3H3. The van der Waals surface area contributed by atoms with Gasteiger partial charge in [0.1, 0.15) is 17.2 Å². The lowest BCUT2D eigenvalue weighted by atomic mass is 10.0. The number of nitro groups is 1. The van der Waals surface area contributed by atoms with Gasteiger partial charge >= 0.3 is 0 Å². The van der Waals surface area contributed by atoms with Crippen molar-refractivity contribution in [2.75, 3.05) is 39.8 Å². The molecular weight excluding hydrogens is 406 g/mol. The number of rotatable bonds is 9. The molecule has 0 aliphatic carbocycles. The lowest BCUT2D eigenvalue weighted by Gasteiger charge is -2.15. The highest BCUT2D eigenvalue weighted by Crippen LogP contribution is 2.35. The fourth-order valence-corrected chi connectivity index (χ4v) is 3.13. The average Bonchev–Trinajstić information content (AvgIpc) is 3.01. The van der Waals surface area contributed by atoms with Crippen LogP contribution in [0.15, 0.2) is 48.2 Å². The van der Waals surface area contributed by atoms with E-state index >= 15 is 0 Å². The molecule has 0 bridgehead atoms. The largest absolute Gasteiger partial charge is 0.497 e. The summed E-state index contributed by atoms with van der Waals surface area (Å²) in [6.45, 7) is 0.236. The van der Waals surface area contributed by atoms with Crippen molar-refractivity contribution in [2.24, 2.45) is 0 Å². The highest BCUT2D eigenvalue weighted by molar-refractivity contribution is 6.36. The fourth-order valence-electron chi connectivity index (χ4n) is 3.13. The van der Waals surface area contributed by atoms with E-state index in [1.54, 1.807) is 18.2 Å². The monoisotopic (exact) mass is 427 g/mol. The Labute approximate surface area is 178 Å². The van der Waals surface area contributed by atoms with E-state index < -0.39 is 16.7 Å². The third-order valence-electron chi connectivity index (χ3n) is 4.72. The molecular formula is C21H21N3O7. The first kappa shape index (κ1) is 21.8. The Bertz CT molecular complexity index is 1050. The lowest BCUT2D eigenvalue weighted by molar-refractivity contribution is -0.384. The Morgan fingerprint density at radius 3 is 2.29 bits per heavy atom. The number of nitro benzene ring substituents is 1. The maximum atomic E-state index is 13.1. The van der Waals surface area contributed by atoms with Crippen LogP contribution in [0.25, 0.3) is 5.57 Å². The van der Waals surface area contributed by atoms with Crippen LogP contribution in [0, 0.1) is 10.1 Å². The molecule has 0 atom stereocenters. The maximum Gasteiger partial charge on any atom is 0.278 e. The second-order valence-corrected chi connectivity index (χ2v) is 6.50. The Balaban J connectivity index is 2.07. The predicted octanol–water partition coefficient (Wildman–Crippen LogP) is 2.45. The Hall–Kier alpha value is -3.92. The zero-order valence-corrected chi connectivity index (χ0v) is 17.2. The summed E-state index contributed by atoms with van der Waals surface area (Å²) in [5.41, 5.74) is 0.849. The van der Waals surface area contributed by atoms with Gasteiger partial charge in [-0.2, -0.15) is 0 Å². The predicted molar refractivity (Wildman–Crippen MR) is 112 cm³/mol. The molecule has 0 aromatic heterocycles. The summed E-state index contributed by atoms with van der Waals surface area (Å²) in [6, 6.07) is 10.4. The van der Waals surface area contributed by atoms with E-state index in [4.69, 9.17) is 14.2 Å². The molecule has 0 fully saturated rings. The van der Waals surface area contributed by atoms with E-state index in [-0.39, 0.29) is 30.1 Å². The van der Waals surface area contributed by atoms with Gasteiger partial charge < -0.3 is 19.5 Å². The molecule has 0 saturated heterocycles. The SMILES string of the molecule is COCCN1C(=O)C(Nc2ccc(OC)cc2OC)=C(c2ccc([N+](=O)[O-])cc2)C1=O. The minimum absolute atomic E-state index is 0.0402. The highest BCUT2D eigenvalue weighted by Gasteiger charge is 2.39. The van der Waals surface area contributed by atoms with Gasteiger partial charge in [0, 0.05) is 25.3 Å². The van der Waals surface area contributed by atoms with Gasteiger partial charge in [0.2, 0.25) is 0 Å². The van der Waals surface area contributed by atoms with Crippen molar-refractivity contribution >= 4 is 28.8 Å². The van der Waals surface area contributed by atoms with Crippen molar-refractivity contribution in [3.05, 3.63) is 63.8 Å². The molecule has 31 heavy (non-hydrogen) atoms. The molecule has 2 amide bonds. The number of nitrogens with zero attached hydrogens (tertiary/aromatic N) is 2. The van der Waals surface area contributed by atoms with Crippen molar-refractivity contribution in [2.45, 2.75) is 0 Å². The summed E-state index contributed by atoms with van der Waals surface area (Å²) in [5.74, 6) is -0.0906. The summed E-state index contributed by atoms with van der Waals surface area (Å²) < 4.78 is 15.6. The molecule has 0 unspecified atom stereocenters. The van der Waals surface area contributed by atoms with E-state index in [9.17, 15) is 19.7 Å². The molecule has 2 aromatic carbocycles. The molecule has 1 aliphatic rings. The van der Waals surface area contributed by atoms with E-state index in [1.165, 1.54) is 45.6 Å². The summed E-state index contributed by atoms with van der Waals surface area (Å²) in [7, 11) is 4.46. The number of amides is 2. The molecule has 2 aromatic rings. The Morgan fingerprint density at radius 2 is 1.71 bits per heavy atom. The number of carbonyl (C=O) groups is 2. The van der Waals surface area contributed by atoms with Gasteiger partial charge in [-0.15, -0.1) is 0 Å². The second kappa shape index (κ2) is 9.26. The number of non-ortho nitro benzene ring substituents is 1. The molecule has 1 N–H and O–H groups in total. The lowest BCUT2D eigenvalue weighted by Crippen LogP contribution is -2.35. The molecule has 0 radical (unpaired) electrons. The number of hydrogen-bond acceptors (Lipinski definition) is 8. The summed E-state index contributed by atoms with van der Waals surface area (Å²) in [6.07, 6.45) is 0. The van der Waals surface area contributed by atoms with Crippen LogP contribution in [0.3, 0.4) is 0 Å². The Morgan fingerprint density at radius 1 is 1.00 bits per heavy atom. The summed E-state index contributed by atoms with van der Waals surface area (Å²) >= 11 is 0. The topological polar surface area (TPSA) is 120 Å². The third-order valence-corrected chi connectivity index (χ3v) is 4.72. The number of nitrogens with one attached hydrogen (secondary N) is 1. The van der Waals surface area contributed by atoms with Gasteiger partial charge in [0.25, 0.3) is 17.5 Å². The maximum absolute atomic E-state index is 13.1. The number of imide groups is 1. The van der Waals surface area contributed by atoms with Crippen molar-refractivity contribution in [1.82, 2.24) is 4.90 Å². The number of ether oxygens (including phenoxy) is 3. The van der Waals surface area contributed by atoms with E-state index in [0.717, 1.165) is 4.90 Å². The zero-order valence-electron chi connectivity index (χ0n) is 17.2. The molecule has 10 heteroatoms. The molecule has 162 valence electrons. The van der Waals surface area contributed by atoms with Crippen LogP contribution in [-0.4, -0.2) is 56.1 Å². The van der Waals surface area contributed by atoms with Crippen molar-refractivity contribution in [3.63, 3.8) is 0 Å². The minimum Gasteiger partial charge on any atom is -0.497 e. The van der Waals surface area contributed by atoms with Crippen LogP contribution in [0.2, 0.25) is 0 Å². The number of anilines is 1. The van der Waals surface area contributed by atoms with Crippen LogP contribution in [0.5, 0.6) is 11.5 Å². The molecule has 1 aliphatic heterocycles. The van der Waals surface area contributed by atoms with Gasteiger partial charge in [-0.25, -0.2) is 0 Å². The smallest absolute Gasteiger partial charge is 0.278 e. The summed E-state index contributed by atoms with van der Waals surface area (Å²) in [4.78, 5) is 37.6. The fraction of sp³-hybridized carbons (Fsp3) is 0.238. The number of hydrogen-bond donors (Lipinski definition) is 1. The van der Waals surface area contributed by atoms with Crippen LogP contribution < -0.4 is 14.8 Å². The van der Waals surface area contributed by atoms with Gasteiger partial charge in [-0.1, -0.05) is 0 Å². The van der Waals surface area contributed by atoms with Crippen LogP contribution in [0.4, 0.5) is 11.4 Å². The van der Waals surface area contributed by atoms with Gasteiger partial charge in [-0.05, 0) is 29.8 Å². The normalized spacial score (nSPS) is 13.6. The van der Waals surface area contributed by atoms with Gasteiger partial charge in [0.15, 0.2) is 0 Å². The third kappa shape index (κ3) is 4.33. The number of carbonyl (C=O) groups excluding carboxylic acids is 2. The van der Waals surface area contributed by atoms with Crippen molar-refractivity contribution in [3.8, 4) is 11.5 Å². The molecule has 0 spiro atoms. The van der Waals surface area contributed by atoms with Crippen LogP contribution in [-0.2, 0) is 14.3 Å². The quantitative estimate of drug-likeness (QED) is 0.368. The first-order valence-electron chi connectivity index (χ1n) is 9.24. The summed E-state index contributed by atoms with van der Waals surface area (Å²) in [5, 5.41) is 14.0. The van der Waals surface area contributed by atoms with Crippen molar-refractivity contribution in [1.29, 1.82) is 0 Å². The second-order valence-electron chi connectivity index (χ2n) is 6.50. The average molecular weight is 427 g/mol. The molecule has 3 rings (SSSR count). The molecule has 10 nitrogen and oxygen atoms in total. The first-order chi connectivity index (χ1) is 14.9. The van der Waals surface area contributed by atoms with Crippen LogP contribution >= 0.6 is 0 Å². The molecule has 0 saturated carbocycles. The highest BCUT2D eigenvalue weighted by atomic mass is 16.6. The molecule has 1 heterocycles. The number of benzene rings is 2. The van der Waals surface area contributed by atoms with E-state index in [1.807, 2.05) is 0 Å². The van der Waals surface area contributed by atoms with Crippen LogP contribution in [0.1, 0.15) is 5.56 Å². The minimum atomic E-state index is -0.536. The van der Waals surface area contributed by atoms with Gasteiger partial charge in [0.05, 0.1) is 43.6 Å². The van der Waals surface area contributed by atoms with E-state index in [2.05, 4.69) is 5.32 Å². The number of methoxy groups -OCH3 is 3. The van der Waals surface area contributed by atoms with Crippen molar-refractivity contribution < 1.29 is 28.7 Å².